The van der Waals surface area contributed by atoms with Gasteiger partial charge in [0, 0.05) is 0 Å². The molecule has 0 N–H and O–H groups in total. The van der Waals surface area contributed by atoms with Crippen molar-refractivity contribution in [2.45, 2.75) is 53.4 Å². The molecule has 0 aromatic heterocycles. The molecule has 0 aromatic rings. The minimum absolute atomic E-state index is 0.557. The van der Waals surface area contributed by atoms with Crippen molar-refractivity contribution in [3.8, 4) is 0 Å². The molecule has 1 unspecified atom stereocenters. The van der Waals surface area contributed by atoms with E-state index in [0.29, 0.717) is 5.41 Å². The van der Waals surface area contributed by atoms with Crippen molar-refractivity contribution in [1.82, 2.24) is 0 Å². The first-order chi connectivity index (χ1) is 5.18. The molecule has 0 aliphatic heterocycles. The molecule has 0 bridgehead atoms. The maximum atomic E-state index is 2.39. The minimum atomic E-state index is 0.557. The highest BCUT2D eigenvalue weighted by atomic mass is 14.2. The number of hydrogen-bond donors (Lipinski definition) is 0. The molecule has 11 heavy (non-hydrogen) atoms. The molecular weight excluding hydrogens is 132 g/mol. The predicted molar refractivity (Wildman–Crippen MR) is 52.7 cm³/mol. The van der Waals surface area contributed by atoms with E-state index < -0.39 is 0 Å². The van der Waals surface area contributed by atoms with E-state index in [1.165, 1.54) is 25.7 Å². The van der Waals surface area contributed by atoms with Gasteiger partial charge in [-0.1, -0.05) is 45.8 Å². The van der Waals surface area contributed by atoms with Gasteiger partial charge in [0.1, 0.15) is 0 Å². The summed E-state index contributed by atoms with van der Waals surface area (Å²) in [7, 11) is 0. The Kier molecular flexibility index (Phi) is 5.27. The molecule has 0 nitrogen and oxygen atoms in total. The fourth-order valence-corrected chi connectivity index (χ4v) is 1.43. The van der Waals surface area contributed by atoms with Crippen LogP contribution >= 0.6 is 0 Å². The van der Waals surface area contributed by atoms with E-state index in [-0.39, 0.29) is 0 Å². The van der Waals surface area contributed by atoms with Gasteiger partial charge in [-0.3, -0.25) is 0 Å². The Bertz CT molecular complexity index is 113. The monoisotopic (exact) mass is 154 g/mol. The third-order valence-corrected chi connectivity index (χ3v) is 2.55. The van der Waals surface area contributed by atoms with Crippen LogP contribution in [-0.2, 0) is 0 Å². The molecule has 0 spiro atoms. The first-order valence-electron chi connectivity index (χ1n) is 4.79. The second kappa shape index (κ2) is 5.40. The molecule has 0 amide bonds. The van der Waals surface area contributed by atoms with Crippen LogP contribution in [0.15, 0.2) is 12.2 Å². The Morgan fingerprint density at radius 2 is 1.91 bits per heavy atom. The number of allylic oxidation sites excluding steroid dienone is 2. The lowest BCUT2D eigenvalue weighted by molar-refractivity contribution is 0.285. The van der Waals surface area contributed by atoms with Crippen molar-refractivity contribution in [3.63, 3.8) is 0 Å². The van der Waals surface area contributed by atoms with Crippen LogP contribution in [-0.4, -0.2) is 0 Å². The summed E-state index contributed by atoms with van der Waals surface area (Å²) in [5, 5.41) is 0. The smallest absolute Gasteiger partial charge is 0.0294 e. The Morgan fingerprint density at radius 1 is 1.27 bits per heavy atom. The van der Waals surface area contributed by atoms with Gasteiger partial charge in [0.05, 0.1) is 0 Å². The van der Waals surface area contributed by atoms with Crippen molar-refractivity contribution in [3.05, 3.63) is 12.2 Å². The van der Waals surface area contributed by atoms with Gasteiger partial charge in [0.2, 0.25) is 0 Å². The summed E-state index contributed by atoms with van der Waals surface area (Å²) >= 11 is 0. The first kappa shape index (κ1) is 10.7. The molecule has 0 saturated carbocycles. The summed E-state index contributed by atoms with van der Waals surface area (Å²) in [4.78, 5) is 0. The lowest BCUT2D eigenvalue weighted by Crippen LogP contribution is -2.13. The summed E-state index contributed by atoms with van der Waals surface area (Å²) in [5.74, 6) is 0. The van der Waals surface area contributed by atoms with Gasteiger partial charge in [-0.15, -0.1) is 0 Å². The molecule has 0 fully saturated rings. The Labute approximate surface area is 71.7 Å². The van der Waals surface area contributed by atoms with Gasteiger partial charge in [0.15, 0.2) is 0 Å². The van der Waals surface area contributed by atoms with Crippen molar-refractivity contribution in [2.75, 3.05) is 0 Å². The lowest BCUT2D eigenvalue weighted by Gasteiger charge is -2.26. The highest BCUT2D eigenvalue weighted by Crippen LogP contribution is 2.31. The van der Waals surface area contributed by atoms with Gasteiger partial charge < -0.3 is 0 Å². The van der Waals surface area contributed by atoms with Crippen molar-refractivity contribution >= 4 is 0 Å². The summed E-state index contributed by atoms with van der Waals surface area (Å²) in [5.41, 5.74) is 0.557. The van der Waals surface area contributed by atoms with Gasteiger partial charge in [-0.05, 0) is 25.2 Å². The van der Waals surface area contributed by atoms with E-state index in [2.05, 4.69) is 39.8 Å². The van der Waals surface area contributed by atoms with E-state index in [4.69, 9.17) is 0 Å². The van der Waals surface area contributed by atoms with Gasteiger partial charge >= 0.3 is 0 Å². The molecule has 0 radical (unpaired) electrons. The Balaban J connectivity index is 3.87. The van der Waals surface area contributed by atoms with Crippen LogP contribution in [0.2, 0.25) is 0 Å². The quantitative estimate of drug-likeness (QED) is 0.521. The summed E-state index contributed by atoms with van der Waals surface area (Å²) in [6, 6.07) is 0. The molecule has 0 heterocycles. The fourth-order valence-electron chi connectivity index (χ4n) is 1.43. The Morgan fingerprint density at radius 3 is 2.27 bits per heavy atom. The molecule has 1 atom stereocenters. The molecule has 0 rings (SSSR count). The van der Waals surface area contributed by atoms with Crippen molar-refractivity contribution < 1.29 is 0 Å². The largest absolute Gasteiger partial charge is 0.0916 e. The zero-order chi connectivity index (χ0) is 8.74. The second-order valence-electron chi connectivity index (χ2n) is 3.69. The van der Waals surface area contributed by atoms with E-state index in [0.717, 1.165) is 0 Å². The standard InChI is InChI=1S/C11H22/c1-5-8-10-11(4,7-3)9-6-2/h5,8H,6-7,9-10H2,1-4H3. The van der Waals surface area contributed by atoms with Crippen molar-refractivity contribution in [2.24, 2.45) is 5.41 Å². The SMILES string of the molecule is CC=CCC(C)(CC)CCC. The van der Waals surface area contributed by atoms with Crippen LogP contribution in [0, 0.1) is 5.41 Å². The van der Waals surface area contributed by atoms with E-state index in [1.54, 1.807) is 0 Å². The highest BCUT2D eigenvalue weighted by molar-refractivity contribution is 4.86. The topological polar surface area (TPSA) is 0 Å². The predicted octanol–water partition coefficient (Wildman–Crippen LogP) is 4.17. The third kappa shape index (κ3) is 4.23. The van der Waals surface area contributed by atoms with Crippen LogP contribution < -0.4 is 0 Å². The van der Waals surface area contributed by atoms with Crippen LogP contribution in [0.4, 0.5) is 0 Å². The lowest BCUT2D eigenvalue weighted by atomic mass is 9.80. The third-order valence-electron chi connectivity index (χ3n) is 2.55. The molecule has 0 saturated heterocycles. The normalized spacial score (nSPS) is 17.1. The average Bonchev–Trinajstić information content (AvgIpc) is 2.02. The van der Waals surface area contributed by atoms with Gasteiger partial charge in [-0.2, -0.15) is 0 Å². The zero-order valence-electron chi connectivity index (χ0n) is 8.48. The Hall–Kier alpha value is -0.260. The van der Waals surface area contributed by atoms with E-state index in [1.807, 2.05) is 0 Å². The maximum Gasteiger partial charge on any atom is -0.0294 e. The van der Waals surface area contributed by atoms with Crippen molar-refractivity contribution in [1.29, 1.82) is 0 Å². The fraction of sp³-hybridized carbons (Fsp3) is 0.818. The minimum Gasteiger partial charge on any atom is -0.0916 e. The maximum absolute atomic E-state index is 2.39. The van der Waals surface area contributed by atoms with E-state index >= 15 is 0 Å². The second-order valence-corrected chi connectivity index (χ2v) is 3.69. The average molecular weight is 154 g/mol. The van der Waals surface area contributed by atoms with Gasteiger partial charge in [-0.25, -0.2) is 0 Å². The number of hydrogen-bond acceptors (Lipinski definition) is 0. The first-order valence-corrected chi connectivity index (χ1v) is 4.79. The molecule has 0 aliphatic rings. The number of rotatable bonds is 5. The van der Waals surface area contributed by atoms with Crippen LogP contribution in [0.25, 0.3) is 0 Å². The van der Waals surface area contributed by atoms with E-state index in [9.17, 15) is 0 Å². The summed E-state index contributed by atoms with van der Waals surface area (Å²) in [6.07, 6.45) is 9.65. The molecule has 66 valence electrons. The van der Waals surface area contributed by atoms with Crippen LogP contribution in [0.1, 0.15) is 53.4 Å². The van der Waals surface area contributed by atoms with Gasteiger partial charge in [0.25, 0.3) is 0 Å². The summed E-state index contributed by atoms with van der Waals surface area (Å²) in [6.45, 7) is 9.04. The molecule has 0 aromatic carbocycles. The zero-order valence-corrected chi connectivity index (χ0v) is 8.48. The molecule has 0 aliphatic carbocycles. The van der Waals surface area contributed by atoms with Crippen LogP contribution in [0.5, 0.6) is 0 Å². The summed E-state index contributed by atoms with van der Waals surface area (Å²) < 4.78 is 0. The van der Waals surface area contributed by atoms with Crippen LogP contribution in [0.3, 0.4) is 0 Å². The highest BCUT2D eigenvalue weighted by Gasteiger charge is 2.18. The molecular formula is C11H22. The molecule has 0 heteroatoms.